The molecule has 0 aromatic carbocycles. The van der Waals surface area contributed by atoms with E-state index in [1.165, 1.54) is 12.2 Å². The van der Waals surface area contributed by atoms with E-state index in [9.17, 15) is 19.3 Å². The number of aliphatic hydroxyl groups is 1. The highest BCUT2D eigenvalue weighted by Gasteiger charge is 2.88. The zero-order valence-corrected chi connectivity index (χ0v) is 19.1. The van der Waals surface area contributed by atoms with Crippen molar-refractivity contribution in [3.05, 3.63) is 23.8 Å². The Hall–Kier alpha value is -1.22. The fraction of sp³-hybridized carbons (Fsp3) is 0.727. The van der Waals surface area contributed by atoms with Gasteiger partial charge in [0.1, 0.15) is 12.2 Å². The monoisotopic (exact) mass is 470 g/mol. The van der Waals surface area contributed by atoms with Crippen molar-refractivity contribution >= 4 is 19.4 Å². The van der Waals surface area contributed by atoms with Gasteiger partial charge in [-0.05, 0) is 57.6 Å². The lowest BCUT2D eigenvalue weighted by Crippen LogP contribution is -2.68. The predicted molar refractivity (Wildman–Crippen MR) is 109 cm³/mol. The van der Waals surface area contributed by atoms with Crippen molar-refractivity contribution < 1.29 is 42.7 Å². The summed E-state index contributed by atoms with van der Waals surface area (Å²) in [6, 6.07) is 0. The van der Waals surface area contributed by atoms with Crippen LogP contribution < -0.4 is 0 Å². The fourth-order valence-electron chi connectivity index (χ4n) is 7.90. The third kappa shape index (κ3) is 2.47. The van der Waals surface area contributed by atoms with Gasteiger partial charge in [-0.2, -0.15) is 0 Å². The number of ether oxygens (including phenoxy) is 1. The number of Topliss-reactive ketones (excluding diaryl/α,β-unsaturated/α-hetero) is 1. The Bertz CT molecular complexity index is 1030. The van der Waals surface area contributed by atoms with Gasteiger partial charge < -0.3 is 19.6 Å². The first-order chi connectivity index (χ1) is 14.6. The number of allylic oxidation sites excluding steroid dienone is 4. The number of fused-ring (bicyclic) bond motifs is 7. The average molecular weight is 470 g/mol. The van der Waals surface area contributed by atoms with Crippen molar-refractivity contribution in [3.8, 4) is 0 Å². The van der Waals surface area contributed by atoms with E-state index in [2.05, 4.69) is 4.52 Å². The van der Waals surface area contributed by atoms with Gasteiger partial charge >= 0.3 is 7.82 Å². The molecule has 3 saturated carbocycles. The summed E-state index contributed by atoms with van der Waals surface area (Å²) in [6.45, 7) is 4.47. The Morgan fingerprint density at radius 2 is 1.97 bits per heavy atom. The molecule has 0 amide bonds. The molecule has 10 heteroatoms. The molecule has 5 aliphatic rings. The summed E-state index contributed by atoms with van der Waals surface area (Å²) < 4.78 is 38.6. The smallest absolute Gasteiger partial charge is 0.390 e. The van der Waals surface area contributed by atoms with Crippen LogP contribution in [0, 0.1) is 22.7 Å². The maximum atomic E-state index is 17.1. The molecule has 1 heterocycles. The number of aliphatic hydroxyl groups excluding tert-OH is 1. The molecule has 1 aliphatic heterocycles. The van der Waals surface area contributed by atoms with E-state index < -0.39 is 59.9 Å². The maximum absolute atomic E-state index is 17.1. The van der Waals surface area contributed by atoms with Crippen molar-refractivity contribution in [1.29, 1.82) is 0 Å². The van der Waals surface area contributed by atoms with Gasteiger partial charge in [0.15, 0.2) is 22.8 Å². The van der Waals surface area contributed by atoms with Gasteiger partial charge in [-0.25, -0.2) is 8.96 Å². The van der Waals surface area contributed by atoms with E-state index in [4.69, 9.17) is 14.5 Å². The van der Waals surface area contributed by atoms with E-state index in [1.54, 1.807) is 19.9 Å². The van der Waals surface area contributed by atoms with Crippen molar-refractivity contribution in [2.75, 3.05) is 6.61 Å². The van der Waals surface area contributed by atoms with Crippen LogP contribution in [-0.4, -0.2) is 56.0 Å². The van der Waals surface area contributed by atoms with Crippen LogP contribution in [0.4, 0.5) is 4.39 Å². The molecule has 0 spiro atoms. The van der Waals surface area contributed by atoms with Crippen molar-refractivity contribution in [1.82, 2.24) is 0 Å². The molecule has 8 atom stereocenters. The molecule has 4 fully saturated rings. The van der Waals surface area contributed by atoms with Gasteiger partial charge in [0.2, 0.25) is 0 Å². The number of carbonyl (C=O) groups excluding carboxylic acids is 2. The first-order valence-electron chi connectivity index (χ1n) is 10.9. The molecular weight excluding hydrogens is 442 g/mol. The van der Waals surface area contributed by atoms with Gasteiger partial charge in [-0.3, -0.25) is 14.1 Å². The average Bonchev–Trinajstić information content (AvgIpc) is 3.27. The highest BCUT2D eigenvalue weighted by molar-refractivity contribution is 7.46. The van der Waals surface area contributed by atoms with Gasteiger partial charge in [-0.1, -0.05) is 18.6 Å². The third-order valence-electron chi connectivity index (χ3n) is 9.28. The highest BCUT2D eigenvalue weighted by Crippen LogP contribution is 2.78. The molecule has 8 nitrogen and oxygen atoms in total. The molecule has 0 aromatic rings. The van der Waals surface area contributed by atoms with Crippen LogP contribution in [-0.2, 0) is 23.4 Å². The summed E-state index contributed by atoms with van der Waals surface area (Å²) in [5.41, 5.74) is -5.70. The number of halogens is 1. The number of rotatable bonds is 4. The van der Waals surface area contributed by atoms with Crippen molar-refractivity contribution in [3.63, 3.8) is 0 Å². The number of epoxide rings is 1. The Morgan fingerprint density at radius 1 is 1.28 bits per heavy atom. The van der Waals surface area contributed by atoms with Crippen LogP contribution >= 0.6 is 7.82 Å². The third-order valence-corrected chi connectivity index (χ3v) is 9.75. The van der Waals surface area contributed by atoms with Gasteiger partial charge in [0.05, 0.1) is 6.10 Å². The highest BCUT2D eigenvalue weighted by atomic mass is 31.2. The molecule has 0 aromatic heterocycles. The topological polar surface area (TPSA) is 134 Å². The zero-order valence-electron chi connectivity index (χ0n) is 18.2. The second-order valence-corrected chi connectivity index (χ2v) is 11.9. The SMILES string of the molecule is C[C@@]12C[C@H]3[C@@H]4CCC5=CC(=O)C=C[C@]5(C)[C@@]4(F)[C@@H](O)C[C@]3(C)[C@]1(C(=O)COP(=O)(O)O)O2. The van der Waals surface area contributed by atoms with Crippen LogP contribution in [0.15, 0.2) is 23.8 Å². The minimum atomic E-state index is -4.86. The lowest BCUT2D eigenvalue weighted by atomic mass is 9.45. The molecular formula is C22H28FO8P. The summed E-state index contributed by atoms with van der Waals surface area (Å²) >= 11 is 0. The molecule has 0 bridgehead atoms. The summed E-state index contributed by atoms with van der Waals surface area (Å²) in [6.07, 6.45) is 4.27. The molecule has 32 heavy (non-hydrogen) atoms. The first kappa shape index (κ1) is 22.6. The molecule has 0 radical (unpaired) electrons. The van der Waals surface area contributed by atoms with Gasteiger partial charge in [0.25, 0.3) is 0 Å². The summed E-state index contributed by atoms with van der Waals surface area (Å²) in [4.78, 5) is 43.1. The number of alkyl halides is 1. The molecule has 4 aliphatic carbocycles. The second-order valence-electron chi connectivity index (χ2n) is 10.7. The minimum Gasteiger partial charge on any atom is -0.390 e. The molecule has 0 unspecified atom stereocenters. The van der Waals surface area contributed by atoms with E-state index in [0.29, 0.717) is 24.8 Å². The molecule has 3 N–H and O–H groups in total. The Labute approximate surface area is 185 Å². The Kier molecular flexibility index (Phi) is 4.41. The number of phosphoric acid groups is 1. The van der Waals surface area contributed by atoms with Gasteiger partial charge in [-0.15, -0.1) is 0 Å². The standard InChI is InChI=1S/C22H28FO8P/c1-18-7-6-13(24)8-12(18)4-5-14-15-9-20(3)22(31-20,17(26)11-30-32(27,28)29)19(15,2)10-16(25)21(14,18)23/h6-8,14-16,25H,4-5,9-11H2,1-3H3,(H2,27,28,29)/t14-,15-,16-,18-,19-,20+,21-,22-/m0/s1. The number of ketones is 2. The van der Waals surface area contributed by atoms with E-state index >= 15 is 4.39 Å². The first-order valence-corrected chi connectivity index (χ1v) is 12.4. The van der Waals surface area contributed by atoms with Crippen LogP contribution in [0.5, 0.6) is 0 Å². The van der Waals surface area contributed by atoms with Crippen LogP contribution in [0.3, 0.4) is 0 Å². The number of hydrogen-bond donors (Lipinski definition) is 3. The molecule has 176 valence electrons. The normalized spacial score (nSPS) is 51.3. The van der Waals surface area contributed by atoms with Crippen molar-refractivity contribution in [2.45, 2.75) is 69.4 Å². The summed E-state index contributed by atoms with van der Waals surface area (Å²) in [7, 11) is -4.86. The lowest BCUT2D eigenvalue weighted by molar-refractivity contribution is -0.207. The van der Waals surface area contributed by atoms with E-state index in [0.717, 1.165) is 0 Å². The Balaban J connectivity index is 1.54. The van der Waals surface area contributed by atoms with Crippen LogP contribution in [0.25, 0.3) is 0 Å². The zero-order chi connectivity index (χ0) is 23.5. The largest absolute Gasteiger partial charge is 0.470 e. The molecule has 5 rings (SSSR count). The summed E-state index contributed by atoms with van der Waals surface area (Å²) in [5.74, 6) is -1.65. The van der Waals surface area contributed by atoms with Crippen LogP contribution in [0.1, 0.15) is 46.5 Å². The van der Waals surface area contributed by atoms with Crippen molar-refractivity contribution in [2.24, 2.45) is 22.7 Å². The molecule has 1 saturated heterocycles. The number of hydrogen-bond acceptors (Lipinski definition) is 6. The number of phosphoric ester groups is 1. The van der Waals surface area contributed by atoms with Crippen LogP contribution in [0.2, 0.25) is 0 Å². The van der Waals surface area contributed by atoms with Gasteiger partial charge in [0, 0.05) is 16.7 Å². The lowest BCUT2D eigenvalue weighted by Gasteiger charge is -2.62. The fourth-order valence-corrected chi connectivity index (χ4v) is 8.18. The Morgan fingerprint density at radius 3 is 2.62 bits per heavy atom. The second kappa shape index (κ2) is 6.26. The minimum absolute atomic E-state index is 0.0490. The quantitative estimate of drug-likeness (QED) is 0.421. The van der Waals surface area contributed by atoms with E-state index in [-0.39, 0.29) is 18.1 Å². The van der Waals surface area contributed by atoms with E-state index in [1.807, 2.05) is 6.92 Å². The number of carbonyl (C=O) groups is 2. The predicted octanol–water partition coefficient (Wildman–Crippen LogP) is 2.17. The summed E-state index contributed by atoms with van der Waals surface area (Å²) in [5, 5.41) is 11.3. The maximum Gasteiger partial charge on any atom is 0.470 e.